The maximum atomic E-state index is 2.37. The molecule has 0 saturated carbocycles. The van der Waals surface area contributed by atoms with Crippen LogP contribution in [0, 0.1) is 27.7 Å². The van der Waals surface area contributed by atoms with E-state index in [0.29, 0.717) is 0 Å². The molecule has 0 spiro atoms. The summed E-state index contributed by atoms with van der Waals surface area (Å²) >= 11 is 0. The average Bonchev–Trinajstić information content (AvgIpc) is 3.03. The van der Waals surface area contributed by atoms with Gasteiger partial charge in [0.1, 0.15) is 24.8 Å². The Morgan fingerprint density at radius 1 is 0.310 bits per heavy atom. The Morgan fingerprint density at radius 2 is 0.548 bits per heavy atom. The third-order valence-electron chi connectivity index (χ3n) is 8.77. The number of hydrogen-bond donors (Lipinski definition) is 0. The van der Waals surface area contributed by atoms with Crippen LogP contribution in [0.3, 0.4) is 0 Å². The van der Waals surface area contributed by atoms with E-state index in [1.54, 1.807) is 0 Å². The second-order valence-electron chi connectivity index (χ2n) is 11.5. The van der Waals surface area contributed by atoms with Crippen molar-refractivity contribution in [1.29, 1.82) is 0 Å². The predicted octanol–water partition coefficient (Wildman–Crippen LogP) is 3.95. The highest BCUT2D eigenvalue weighted by molar-refractivity contribution is 6.79. The molecule has 2 heterocycles. The number of aromatic nitrogens is 2. The largest absolute Gasteiger partial charge is 0.421 e. The number of benzene rings is 4. The van der Waals surface area contributed by atoms with E-state index in [9.17, 15) is 0 Å². The summed E-state index contributed by atoms with van der Waals surface area (Å²) in [7, 11) is 0. The highest BCUT2D eigenvalue weighted by Crippen LogP contribution is 2.02. The van der Waals surface area contributed by atoms with Crippen LogP contribution in [-0.4, -0.2) is 13.7 Å². The summed E-state index contributed by atoms with van der Waals surface area (Å²) in [6.45, 7) is 7.23. The van der Waals surface area contributed by atoms with Crippen molar-refractivity contribution in [3.63, 3.8) is 0 Å². The molecular formula is C38H40B2N2. The van der Waals surface area contributed by atoms with Gasteiger partial charge in [0.15, 0.2) is 0 Å². The summed E-state index contributed by atoms with van der Waals surface area (Å²) in [5, 5.41) is 0. The van der Waals surface area contributed by atoms with Crippen LogP contribution >= 0.6 is 0 Å². The van der Waals surface area contributed by atoms with E-state index in [-0.39, 0.29) is 0 Å². The number of nitrogens with zero attached hydrogens (tertiary/aromatic N) is 2. The minimum absolute atomic E-state index is 0.796. The fraction of sp³-hybridized carbons (Fsp3) is 0.105. The summed E-state index contributed by atoms with van der Waals surface area (Å²) in [5.74, 6) is 0. The van der Waals surface area contributed by atoms with Crippen LogP contribution in [0.4, 0.5) is 0 Å². The molecule has 2 aromatic heterocycles. The van der Waals surface area contributed by atoms with Crippen LogP contribution in [-0.2, 0) is 0 Å². The van der Waals surface area contributed by atoms with E-state index in [4.69, 9.17) is 0 Å². The van der Waals surface area contributed by atoms with Gasteiger partial charge in [-0.1, -0.05) is 131 Å². The molecule has 0 aliphatic carbocycles. The molecule has 0 saturated heterocycles. The normalized spacial score (nSPS) is 10.8. The fourth-order valence-electron chi connectivity index (χ4n) is 6.43. The maximum Gasteiger partial charge on any atom is 0.320 e. The first-order valence-corrected chi connectivity index (χ1v) is 15.1. The van der Waals surface area contributed by atoms with Crippen molar-refractivity contribution in [2.75, 3.05) is 0 Å². The Kier molecular flexibility index (Phi) is 9.46. The first-order chi connectivity index (χ1) is 20.5. The first-order valence-electron chi connectivity index (χ1n) is 15.1. The lowest BCUT2D eigenvalue weighted by Gasteiger charge is -2.24. The zero-order chi connectivity index (χ0) is 29.3. The average molecular weight is 546 g/mol. The van der Waals surface area contributed by atoms with Gasteiger partial charge in [-0.15, -0.1) is 21.9 Å². The fourth-order valence-corrected chi connectivity index (χ4v) is 6.43. The van der Waals surface area contributed by atoms with E-state index in [1.165, 1.54) is 44.1 Å². The summed E-state index contributed by atoms with van der Waals surface area (Å²) < 4.78 is 4.73. The Hall–Kier alpha value is -4.69. The van der Waals surface area contributed by atoms with E-state index in [1.807, 2.05) is 0 Å². The number of hydrogen-bond acceptors (Lipinski definition) is 0. The molecule has 0 aliphatic rings. The second-order valence-corrected chi connectivity index (χ2v) is 11.5. The predicted molar refractivity (Wildman–Crippen MR) is 182 cm³/mol. The zero-order valence-corrected chi connectivity index (χ0v) is 25.3. The van der Waals surface area contributed by atoms with Crippen LogP contribution in [0.15, 0.2) is 158 Å². The monoisotopic (exact) mass is 546 g/mol. The third-order valence-corrected chi connectivity index (χ3v) is 8.77. The van der Waals surface area contributed by atoms with Crippen molar-refractivity contribution >= 4 is 35.5 Å². The van der Waals surface area contributed by atoms with Crippen molar-refractivity contribution in [2.45, 2.75) is 27.7 Å². The molecule has 0 fully saturated rings. The van der Waals surface area contributed by atoms with Gasteiger partial charge in [0, 0.05) is 0 Å². The molecule has 4 aromatic carbocycles. The van der Waals surface area contributed by atoms with Gasteiger partial charge in [-0.3, -0.25) is 0 Å². The van der Waals surface area contributed by atoms with Crippen LogP contribution in [0.25, 0.3) is 0 Å². The smallest absolute Gasteiger partial charge is 0.320 e. The summed E-state index contributed by atoms with van der Waals surface area (Å²) in [6, 6.07) is 47.5. The van der Waals surface area contributed by atoms with Gasteiger partial charge in [0.25, 0.3) is 0 Å². The number of aryl methyl sites for hydroxylation is 4. The molecule has 6 rings (SSSR count). The molecule has 42 heavy (non-hydrogen) atoms. The Balaban J connectivity index is 0.000000168. The number of pyridine rings is 2. The molecule has 0 atom stereocenters. The molecule has 0 aliphatic heterocycles. The molecular weight excluding hydrogens is 506 g/mol. The lowest BCUT2D eigenvalue weighted by atomic mass is 9.48. The summed E-state index contributed by atoms with van der Waals surface area (Å²) in [6.07, 6.45) is 8.72. The molecule has 2 nitrogen and oxygen atoms in total. The van der Waals surface area contributed by atoms with E-state index >= 15 is 0 Å². The quantitative estimate of drug-likeness (QED) is 0.280. The van der Waals surface area contributed by atoms with Gasteiger partial charge >= 0.3 is 13.7 Å². The van der Waals surface area contributed by atoms with Gasteiger partial charge in [0.05, 0.1) is 0 Å². The lowest BCUT2D eigenvalue weighted by Crippen LogP contribution is -2.66. The summed E-state index contributed by atoms with van der Waals surface area (Å²) in [4.78, 5) is 0. The molecule has 0 radical (unpaired) electrons. The Morgan fingerprint density at radius 3 is 0.786 bits per heavy atom. The number of rotatable bonds is 6. The highest BCUT2D eigenvalue weighted by atomic mass is 14.9. The van der Waals surface area contributed by atoms with Crippen LogP contribution in [0.5, 0.6) is 0 Å². The molecule has 4 heteroatoms. The maximum absolute atomic E-state index is 2.37. The molecule has 208 valence electrons. The molecule has 0 N–H and O–H groups in total. The first kappa shape index (κ1) is 28.8. The van der Waals surface area contributed by atoms with Gasteiger partial charge in [-0.05, 0) is 52.0 Å². The minimum atomic E-state index is -0.796. The summed E-state index contributed by atoms with van der Waals surface area (Å²) in [5.41, 5.74) is 11.2. The lowest BCUT2D eigenvalue weighted by molar-refractivity contribution is -0.533. The van der Waals surface area contributed by atoms with E-state index in [2.05, 4.69) is 195 Å². The van der Waals surface area contributed by atoms with Gasteiger partial charge in [-0.2, -0.15) is 0 Å². The van der Waals surface area contributed by atoms with Crippen molar-refractivity contribution < 1.29 is 8.96 Å². The van der Waals surface area contributed by atoms with Gasteiger partial charge in [-0.25, -0.2) is 0 Å². The minimum Gasteiger partial charge on any atom is -0.421 e. The molecule has 6 aromatic rings. The van der Waals surface area contributed by atoms with Crippen molar-refractivity contribution in [3.8, 4) is 0 Å². The van der Waals surface area contributed by atoms with E-state index < -0.39 is 13.7 Å². The molecule has 0 bridgehead atoms. The Bertz CT molecular complexity index is 1510. The van der Waals surface area contributed by atoms with Crippen LogP contribution in [0.1, 0.15) is 22.3 Å². The van der Waals surface area contributed by atoms with Crippen molar-refractivity contribution in [2.24, 2.45) is 0 Å². The third kappa shape index (κ3) is 6.61. The van der Waals surface area contributed by atoms with Crippen molar-refractivity contribution in [1.82, 2.24) is 0 Å². The van der Waals surface area contributed by atoms with Crippen molar-refractivity contribution in [3.05, 3.63) is 181 Å². The zero-order valence-electron chi connectivity index (χ0n) is 25.3. The van der Waals surface area contributed by atoms with Gasteiger partial charge < -0.3 is 8.96 Å². The SMILES string of the molecule is Cc1ccccc1[BH-](c1ccccc1C)[n+]1ccccc1.Cc1ccccc1[BH-](c1ccccc1C)[n+]1ccccc1. The van der Waals surface area contributed by atoms with Crippen LogP contribution in [0.2, 0.25) is 0 Å². The standard InChI is InChI=1S/2C19H20BN/c2*1-16-10-4-6-12-18(16)20(21-14-8-3-9-15-21)19-13-7-5-11-17(19)2/h2*3-15,20H,1-2H3. The second kappa shape index (κ2) is 13.8. The van der Waals surface area contributed by atoms with Gasteiger partial charge in [0.2, 0.25) is 0 Å². The molecule has 0 amide bonds. The van der Waals surface area contributed by atoms with Crippen LogP contribution < -0.4 is 30.8 Å². The van der Waals surface area contributed by atoms with E-state index in [0.717, 1.165) is 0 Å². The topological polar surface area (TPSA) is 7.76 Å². The Labute approximate surface area is 252 Å². The molecule has 0 unspecified atom stereocenters. The highest BCUT2D eigenvalue weighted by Gasteiger charge is 2.22.